The lowest BCUT2D eigenvalue weighted by Crippen LogP contribution is -2.30. The molecular formula is C29H29N9O5S. The first kappa shape index (κ1) is 31.3. The van der Waals surface area contributed by atoms with E-state index >= 15 is 0 Å². The van der Waals surface area contributed by atoms with E-state index in [1.54, 1.807) is 60.7 Å². The van der Waals surface area contributed by atoms with Crippen LogP contribution in [0.5, 0.6) is 23.1 Å². The van der Waals surface area contributed by atoms with Gasteiger partial charge in [0.15, 0.2) is 29.7 Å². The molecule has 0 radical (unpaired) electrons. The normalized spacial score (nSPS) is 10.6. The van der Waals surface area contributed by atoms with Gasteiger partial charge >= 0.3 is 10.2 Å². The Morgan fingerprint density at radius 2 is 1.73 bits per heavy atom. The minimum atomic E-state index is -4.19. The van der Waals surface area contributed by atoms with Gasteiger partial charge in [0.05, 0.1) is 7.11 Å². The zero-order valence-corrected chi connectivity index (χ0v) is 24.9. The first-order valence-corrected chi connectivity index (χ1v) is 14.7. The predicted molar refractivity (Wildman–Crippen MR) is 163 cm³/mol. The van der Waals surface area contributed by atoms with E-state index in [1.807, 2.05) is 19.9 Å². The Kier molecular flexibility index (Phi) is 10.7. The summed E-state index contributed by atoms with van der Waals surface area (Å²) in [5, 5.41) is 13.8. The Bertz CT molecular complexity index is 1810. The van der Waals surface area contributed by atoms with Gasteiger partial charge in [-0.15, -0.1) is 16.6 Å². The Morgan fingerprint density at radius 1 is 0.977 bits per heavy atom. The van der Waals surface area contributed by atoms with Crippen LogP contribution >= 0.6 is 0 Å². The molecule has 0 unspecified atom stereocenters. The number of aromatic amines is 1. The largest absolute Gasteiger partial charge is 0.493 e. The molecule has 0 fully saturated rings. The molecule has 44 heavy (non-hydrogen) atoms. The number of nitrogens with zero attached hydrogens (tertiary/aromatic N) is 6. The van der Waals surface area contributed by atoms with E-state index in [9.17, 15) is 8.42 Å². The lowest BCUT2D eigenvalue weighted by molar-refractivity contribution is 0.325. The van der Waals surface area contributed by atoms with Crippen molar-refractivity contribution in [3.63, 3.8) is 0 Å². The van der Waals surface area contributed by atoms with Crippen LogP contribution in [0.25, 0.3) is 22.9 Å². The van der Waals surface area contributed by atoms with Gasteiger partial charge in [0.1, 0.15) is 5.69 Å². The van der Waals surface area contributed by atoms with Gasteiger partial charge in [0, 0.05) is 18.3 Å². The Labute approximate surface area is 254 Å². The number of ether oxygens (including phenoxy) is 3. The van der Waals surface area contributed by atoms with Gasteiger partial charge in [-0.3, -0.25) is 9.71 Å². The fourth-order valence-electron chi connectivity index (χ4n) is 3.64. The molecular weight excluding hydrogens is 586 g/mol. The molecule has 3 N–H and O–H groups in total. The van der Waals surface area contributed by atoms with Crippen molar-refractivity contribution in [2.24, 2.45) is 0 Å². The van der Waals surface area contributed by atoms with Crippen molar-refractivity contribution in [1.29, 1.82) is 0 Å². The molecule has 0 atom stereocenters. The van der Waals surface area contributed by atoms with E-state index < -0.39 is 10.2 Å². The summed E-state index contributed by atoms with van der Waals surface area (Å²) in [6.45, 7) is 3.83. The highest BCUT2D eigenvalue weighted by Crippen LogP contribution is 2.41. The fraction of sp³-hybridized carbons (Fsp3) is 0.172. The summed E-state index contributed by atoms with van der Waals surface area (Å²) < 4.78 is 48.6. The van der Waals surface area contributed by atoms with Gasteiger partial charge in [-0.05, 0) is 35.0 Å². The number of pyridine rings is 1. The summed E-state index contributed by atoms with van der Waals surface area (Å²) in [7, 11) is -2.71. The maximum absolute atomic E-state index is 13.2. The molecule has 0 spiro atoms. The number of benzene rings is 2. The standard InChI is InChI=1S/C27H23N9O5S.C2H6/c1-3-15-40-27-23(41-22-12-8-7-11-21(22)39-2)26(34-42(37,38)29-17-18-9-5-4-6-10-18)30-24(31-27)19-13-14-28-20(16-19)25-32-35-36-33-25;1-2/h1,4-14,16,29H,15,17H2,2H3,(H,30,31,34)(H,32,33,35,36);1-2H3. The van der Waals surface area contributed by atoms with E-state index in [4.69, 9.17) is 20.6 Å². The van der Waals surface area contributed by atoms with E-state index in [0.717, 1.165) is 5.56 Å². The zero-order chi connectivity index (χ0) is 31.4. The topological polar surface area (TPSA) is 179 Å². The molecule has 0 aliphatic heterocycles. The quantitative estimate of drug-likeness (QED) is 0.173. The summed E-state index contributed by atoms with van der Waals surface area (Å²) in [5.74, 6) is 2.82. The lowest BCUT2D eigenvalue weighted by Gasteiger charge is -2.18. The average molecular weight is 616 g/mol. The number of terminal acetylenes is 1. The van der Waals surface area contributed by atoms with E-state index in [2.05, 4.69) is 50.9 Å². The maximum atomic E-state index is 13.2. The second-order valence-corrected chi connectivity index (χ2v) is 9.85. The van der Waals surface area contributed by atoms with E-state index in [-0.39, 0.29) is 48.0 Å². The van der Waals surface area contributed by atoms with E-state index in [1.165, 1.54) is 13.3 Å². The van der Waals surface area contributed by atoms with Crippen LogP contribution in [0.15, 0.2) is 72.9 Å². The van der Waals surface area contributed by atoms with E-state index in [0.29, 0.717) is 17.0 Å². The van der Waals surface area contributed by atoms with Gasteiger partial charge in [-0.1, -0.05) is 62.2 Å². The van der Waals surface area contributed by atoms with Crippen LogP contribution in [0.1, 0.15) is 19.4 Å². The van der Waals surface area contributed by atoms with Crippen molar-refractivity contribution >= 4 is 16.0 Å². The second kappa shape index (κ2) is 15.0. The molecule has 3 aromatic heterocycles. The van der Waals surface area contributed by atoms with Crippen molar-refractivity contribution in [2.45, 2.75) is 20.4 Å². The summed E-state index contributed by atoms with van der Waals surface area (Å²) in [6, 6.07) is 19.0. The van der Waals surface area contributed by atoms with Gasteiger partial charge in [0.25, 0.3) is 5.88 Å². The Morgan fingerprint density at radius 3 is 2.43 bits per heavy atom. The van der Waals surface area contributed by atoms with Crippen LogP contribution in [0.2, 0.25) is 0 Å². The molecule has 0 bridgehead atoms. The molecule has 3 heterocycles. The van der Waals surface area contributed by atoms with Crippen molar-refractivity contribution in [2.75, 3.05) is 18.4 Å². The molecule has 5 aromatic rings. The highest BCUT2D eigenvalue weighted by atomic mass is 32.2. The van der Waals surface area contributed by atoms with Crippen LogP contribution < -0.4 is 23.7 Å². The number of methoxy groups -OCH3 is 1. The molecule has 0 saturated heterocycles. The number of nitrogens with one attached hydrogen (secondary N) is 3. The van der Waals surface area contributed by atoms with Gasteiger partial charge < -0.3 is 14.2 Å². The number of H-pyrrole nitrogens is 1. The number of hydrogen-bond donors (Lipinski definition) is 3. The summed E-state index contributed by atoms with van der Waals surface area (Å²) in [4.78, 5) is 13.2. The second-order valence-electron chi connectivity index (χ2n) is 8.35. The molecule has 0 amide bonds. The third-order valence-corrected chi connectivity index (χ3v) is 6.53. The molecule has 15 heteroatoms. The van der Waals surface area contributed by atoms with Gasteiger partial charge in [-0.2, -0.15) is 23.3 Å². The molecule has 2 aromatic carbocycles. The zero-order valence-electron chi connectivity index (χ0n) is 24.1. The lowest BCUT2D eigenvalue weighted by atomic mass is 10.2. The minimum Gasteiger partial charge on any atom is -0.493 e. The Balaban J connectivity index is 0.00000216. The van der Waals surface area contributed by atoms with Crippen LogP contribution in [0.3, 0.4) is 0 Å². The molecule has 226 valence electrons. The van der Waals surface area contributed by atoms with Gasteiger partial charge in [-0.25, -0.2) is 4.98 Å². The van der Waals surface area contributed by atoms with Crippen molar-refractivity contribution < 1.29 is 22.6 Å². The highest BCUT2D eigenvalue weighted by molar-refractivity contribution is 7.90. The number of hydrogen-bond acceptors (Lipinski definition) is 11. The smallest absolute Gasteiger partial charge is 0.300 e. The molecule has 0 aliphatic carbocycles. The van der Waals surface area contributed by atoms with Crippen molar-refractivity contribution in [3.8, 4) is 58.4 Å². The summed E-state index contributed by atoms with van der Waals surface area (Å²) in [5.41, 5.74) is 1.56. The summed E-state index contributed by atoms with van der Waals surface area (Å²) in [6.07, 6.45) is 6.95. The van der Waals surface area contributed by atoms with Crippen molar-refractivity contribution in [3.05, 3.63) is 78.5 Å². The fourth-order valence-corrected chi connectivity index (χ4v) is 4.46. The average Bonchev–Trinajstić information content (AvgIpc) is 3.61. The third kappa shape index (κ3) is 8.03. The molecule has 5 rings (SSSR count). The maximum Gasteiger partial charge on any atom is 0.300 e. The third-order valence-electron chi connectivity index (χ3n) is 5.54. The number of aromatic nitrogens is 7. The first-order valence-electron chi connectivity index (χ1n) is 13.3. The number of tetrazole rings is 1. The molecule has 0 aliphatic rings. The number of rotatable bonds is 12. The SMILES string of the molecule is C#CCOc1nc(-c2ccnc(-c3nn[nH]n3)c2)nc(NS(=O)(=O)NCc2ccccc2)c1Oc1ccccc1OC.CC. The summed E-state index contributed by atoms with van der Waals surface area (Å²) >= 11 is 0. The number of para-hydroxylation sites is 2. The highest BCUT2D eigenvalue weighted by Gasteiger charge is 2.24. The van der Waals surface area contributed by atoms with Crippen LogP contribution in [0.4, 0.5) is 5.82 Å². The minimum absolute atomic E-state index is 0.0235. The predicted octanol–water partition coefficient (Wildman–Crippen LogP) is 4.00. The Hall–Kier alpha value is -5.59. The first-order chi connectivity index (χ1) is 21.5. The van der Waals surface area contributed by atoms with Crippen molar-refractivity contribution in [1.82, 2.24) is 40.3 Å². The monoisotopic (exact) mass is 615 g/mol. The molecule has 14 nitrogen and oxygen atoms in total. The van der Waals surface area contributed by atoms with Crippen LogP contribution in [-0.2, 0) is 16.8 Å². The number of anilines is 1. The molecule has 0 saturated carbocycles. The van der Waals surface area contributed by atoms with Gasteiger partial charge in [0.2, 0.25) is 11.6 Å². The van der Waals surface area contributed by atoms with Crippen LogP contribution in [-0.4, -0.2) is 57.7 Å². The van der Waals surface area contributed by atoms with Crippen LogP contribution in [0, 0.1) is 12.3 Å².